The maximum absolute atomic E-state index is 11.2. The second-order valence-corrected chi connectivity index (χ2v) is 4.45. The molecule has 0 aromatic rings. The van der Waals surface area contributed by atoms with Crippen molar-refractivity contribution < 1.29 is 55.6 Å². The Bertz CT molecular complexity index is 464. The molecule has 1 fully saturated rings. The summed E-state index contributed by atoms with van der Waals surface area (Å²) < 4.78 is 0. The van der Waals surface area contributed by atoms with E-state index in [1.165, 1.54) is 22.7 Å². The van der Waals surface area contributed by atoms with Gasteiger partial charge in [0.2, 0.25) is 5.91 Å². The third kappa shape index (κ3) is 2.57. The summed E-state index contributed by atoms with van der Waals surface area (Å²) in [6.45, 7) is 0. The Morgan fingerprint density at radius 2 is 2.12 bits per heavy atom. The molecule has 2 aliphatic heterocycles. The topological polar surface area (TPSA) is 94.9 Å². The minimum absolute atomic E-state index is 0. The van der Waals surface area contributed by atoms with Crippen LogP contribution in [0.1, 0.15) is 7.85 Å². The zero-order chi connectivity index (χ0) is 11.9. The zero-order valence-electron chi connectivity index (χ0n) is 9.91. The van der Waals surface area contributed by atoms with E-state index >= 15 is 0 Å². The van der Waals surface area contributed by atoms with Gasteiger partial charge in [-0.3, -0.25) is 9.69 Å². The molecule has 1 amide bonds. The van der Waals surface area contributed by atoms with Crippen molar-refractivity contribution in [2.75, 3.05) is 0 Å². The van der Waals surface area contributed by atoms with Gasteiger partial charge in [-0.15, -0.1) is 0 Å². The Morgan fingerprint density at radius 1 is 1.47 bits per heavy atom. The number of rotatable bonds is 3. The summed E-state index contributed by atoms with van der Waals surface area (Å²) in [5.41, 5.74) is -0.122. The molecule has 17 heavy (non-hydrogen) atoms. The summed E-state index contributed by atoms with van der Waals surface area (Å²) >= 11 is 1.20. The van der Waals surface area contributed by atoms with Gasteiger partial charge in [-0.25, -0.2) is 9.59 Å². The van der Waals surface area contributed by atoms with Gasteiger partial charge in [0.25, 0.3) is 0 Å². The van der Waals surface area contributed by atoms with Crippen molar-refractivity contribution in [2.45, 2.75) is 11.8 Å². The number of fused-ring (bicyclic) bond motifs is 1. The van der Waals surface area contributed by atoms with Gasteiger partial charge in [0.1, 0.15) is 5.70 Å². The number of aliphatic carboxylic acids is 2. The van der Waals surface area contributed by atoms with Crippen LogP contribution in [0, 0.1) is 0 Å². The van der Waals surface area contributed by atoms with Gasteiger partial charge in [0.15, 0.2) is 0 Å². The molecule has 2 heterocycles. The molecule has 2 rings (SSSR count). The fourth-order valence-electron chi connectivity index (χ4n) is 1.54. The fraction of sp³-hybridized carbons (Fsp3) is 0.222. The number of hydrogen-bond acceptors (Lipinski definition) is 4. The van der Waals surface area contributed by atoms with Crippen LogP contribution in [0.5, 0.6) is 0 Å². The molecule has 0 aromatic heterocycles. The summed E-state index contributed by atoms with van der Waals surface area (Å²) in [5.74, 6) is -2.61. The minimum Gasteiger partial charge on any atom is -1.00 e. The van der Waals surface area contributed by atoms with Gasteiger partial charge >= 0.3 is 41.5 Å². The SMILES string of the molecule is O=C(O)C=CC1=C(C(=O)O)N2C(=O)C[C@H]2S1.[H-].[Na+]. The number of carbonyl (C=O) groups excluding carboxylic acids is 1. The van der Waals surface area contributed by atoms with Gasteiger partial charge < -0.3 is 11.6 Å². The van der Waals surface area contributed by atoms with Crippen LogP contribution in [-0.4, -0.2) is 38.3 Å². The quantitative estimate of drug-likeness (QED) is 0.329. The molecule has 2 aliphatic rings. The second-order valence-electron chi connectivity index (χ2n) is 3.23. The van der Waals surface area contributed by atoms with E-state index < -0.39 is 11.9 Å². The Morgan fingerprint density at radius 3 is 2.59 bits per heavy atom. The molecular weight excluding hydrogens is 257 g/mol. The number of amides is 1. The summed E-state index contributed by atoms with van der Waals surface area (Å²) in [6.07, 6.45) is 2.37. The zero-order valence-corrected chi connectivity index (χ0v) is 11.7. The van der Waals surface area contributed by atoms with Crippen LogP contribution in [0.4, 0.5) is 0 Å². The maximum Gasteiger partial charge on any atom is 1.00 e. The van der Waals surface area contributed by atoms with E-state index in [9.17, 15) is 14.4 Å². The molecule has 0 bridgehead atoms. The summed E-state index contributed by atoms with van der Waals surface area (Å²) in [6, 6.07) is 0. The van der Waals surface area contributed by atoms with E-state index in [2.05, 4.69) is 0 Å². The number of carboxylic acid groups (broad SMARTS) is 2. The third-order valence-electron chi connectivity index (χ3n) is 2.22. The predicted octanol–water partition coefficient (Wildman–Crippen LogP) is -2.65. The Kier molecular flexibility index (Phi) is 4.42. The summed E-state index contributed by atoms with van der Waals surface area (Å²) in [4.78, 5) is 34.0. The van der Waals surface area contributed by atoms with Crippen molar-refractivity contribution in [3.8, 4) is 0 Å². The van der Waals surface area contributed by atoms with Gasteiger partial charge in [-0.05, 0) is 6.08 Å². The molecule has 2 N–H and O–H groups in total. The van der Waals surface area contributed by atoms with Crippen molar-refractivity contribution >= 4 is 29.6 Å². The van der Waals surface area contributed by atoms with E-state index in [1.54, 1.807) is 0 Å². The van der Waals surface area contributed by atoms with E-state index in [0.717, 1.165) is 6.08 Å². The van der Waals surface area contributed by atoms with E-state index in [-0.39, 0.29) is 48.0 Å². The van der Waals surface area contributed by atoms with Crippen LogP contribution >= 0.6 is 11.8 Å². The standard InChI is InChI=1S/C9H7NO5S.Na.H/c11-5-3-6-10(5)8(9(14)15)4(16-6)1-2-7(12)13;;/h1-2,6H,3H2,(H,12,13)(H,14,15);;/q;+1;-1/t6-;;/m1../s1. The Balaban J connectivity index is 0.00000144. The van der Waals surface area contributed by atoms with Crippen LogP contribution < -0.4 is 29.6 Å². The van der Waals surface area contributed by atoms with Crippen LogP contribution in [0.25, 0.3) is 0 Å². The molecule has 6 nitrogen and oxygen atoms in total. The molecule has 86 valence electrons. The van der Waals surface area contributed by atoms with Crippen molar-refractivity contribution in [1.29, 1.82) is 0 Å². The van der Waals surface area contributed by atoms with Gasteiger partial charge in [0, 0.05) is 11.0 Å². The van der Waals surface area contributed by atoms with Gasteiger partial charge in [-0.1, -0.05) is 11.8 Å². The second kappa shape index (κ2) is 5.26. The molecule has 0 radical (unpaired) electrons. The van der Waals surface area contributed by atoms with Crippen molar-refractivity contribution in [2.24, 2.45) is 0 Å². The number of thioether (sulfide) groups is 1. The van der Waals surface area contributed by atoms with Crippen LogP contribution in [0.2, 0.25) is 0 Å². The number of carboxylic acids is 2. The average Bonchev–Trinajstić information content (AvgIpc) is 2.47. The summed E-state index contributed by atoms with van der Waals surface area (Å²) in [7, 11) is 0. The first-order valence-electron chi connectivity index (χ1n) is 4.38. The summed E-state index contributed by atoms with van der Waals surface area (Å²) in [5, 5.41) is 17.2. The smallest absolute Gasteiger partial charge is 1.00 e. The van der Waals surface area contributed by atoms with E-state index in [1.807, 2.05) is 0 Å². The van der Waals surface area contributed by atoms with E-state index in [0.29, 0.717) is 11.3 Å². The van der Waals surface area contributed by atoms with Crippen LogP contribution in [0.15, 0.2) is 22.8 Å². The number of hydrogen-bond donors (Lipinski definition) is 2. The first kappa shape index (κ1) is 14.3. The predicted molar refractivity (Wildman–Crippen MR) is 55.4 cm³/mol. The van der Waals surface area contributed by atoms with Crippen molar-refractivity contribution in [3.63, 3.8) is 0 Å². The normalized spacial score (nSPS) is 22.2. The molecule has 8 heteroatoms. The van der Waals surface area contributed by atoms with Crippen molar-refractivity contribution in [1.82, 2.24) is 4.90 Å². The molecule has 1 atom stereocenters. The molecule has 0 unspecified atom stereocenters. The molecule has 0 aromatic carbocycles. The monoisotopic (exact) mass is 265 g/mol. The molecular formula is C9H8NNaO5S. The first-order valence-corrected chi connectivity index (χ1v) is 5.26. The minimum atomic E-state index is -1.21. The van der Waals surface area contributed by atoms with Crippen LogP contribution in [-0.2, 0) is 14.4 Å². The van der Waals surface area contributed by atoms with Gasteiger partial charge in [0.05, 0.1) is 11.8 Å². The van der Waals surface area contributed by atoms with Crippen LogP contribution in [0.3, 0.4) is 0 Å². The average molecular weight is 265 g/mol. The maximum atomic E-state index is 11.2. The molecule has 0 spiro atoms. The number of carbonyl (C=O) groups is 3. The van der Waals surface area contributed by atoms with E-state index in [4.69, 9.17) is 10.2 Å². The number of β-lactam (4-membered cyclic amide) rings is 1. The van der Waals surface area contributed by atoms with Crippen molar-refractivity contribution in [3.05, 3.63) is 22.8 Å². The number of allylic oxidation sites excluding steroid dienone is 1. The largest absolute Gasteiger partial charge is 1.00 e. The van der Waals surface area contributed by atoms with Gasteiger partial charge in [-0.2, -0.15) is 0 Å². The first-order chi connectivity index (χ1) is 7.50. The molecule has 0 aliphatic carbocycles. The number of nitrogens with zero attached hydrogens (tertiary/aromatic N) is 1. The Labute approximate surface area is 124 Å². The Hall–Kier alpha value is -0.760. The molecule has 1 saturated heterocycles. The fourth-order valence-corrected chi connectivity index (χ4v) is 2.84. The molecule has 0 saturated carbocycles. The third-order valence-corrected chi connectivity index (χ3v) is 3.46.